The van der Waals surface area contributed by atoms with Gasteiger partial charge in [-0.25, -0.2) is 0 Å². The average molecular weight is 231 g/mol. The van der Waals surface area contributed by atoms with E-state index in [0.717, 1.165) is 0 Å². The van der Waals surface area contributed by atoms with E-state index >= 15 is 0 Å². The fourth-order valence-corrected chi connectivity index (χ4v) is 0. The number of rotatable bonds is 0. The van der Waals surface area contributed by atoms with Crippen molar-refractivity contribution in [2.75, 3.05) is 0 Å². The molecule has 0 aromatic rings. The van der Waals surface area contributed by atoms with E-state index in [0.29, 0.717) is 0 Å². The minimum absolute atomic E-state index is 0. The molecule has 0 unspecified atom stereocenters. The van der Waals surface area contributed by atoms with Crippen LogP contribution in [0.3, 0.4) is 0 Å². The van der Waals surface area contributed by atoms with E-state index in [1.165, 1.54) is 0 Å². The largest absolute Gasteiger partial charge is 2.00 e. The summed E-state index contributed by atoms with van der Waals surface area (Å²) >= 11 is 0. The monoisotopic (exact) mass is 231 g/mol. The van der Waals surface area contributed by atoms with Crippen LogP contribution in [-0.4, -0.2) is 5.48 Å². The van der Waals surface area contributed by atoms with Crippen LogP contribution < -0.4 is 9.79 Å². The molecule has 0 amide bonds. The molecule has 61 valence electrons. The third-order valence-electron chi connectivity index (χ3n) is 0. The maximum Gasteiger partial charge on any atom is 2.00 e. The summed E-state index contributed by atoms with van der Waals surface area (Å²) in [4.78, 5) is 17.0. The standard InChI is InChI=1S/Mn.2HO3P.H2O/c;2*1-4(2)3;/h;2*(H,1,2,3);1H2/q+2;;;/p-2. The first-order valence-corrected chi connectivity index (χ1v) is 3.29. The smallest absolute Gasteiger partial charge is 0.744 e. The van der Waals surface area contributed by atoms with E-state index < -0.39 is 15.8 Å². The molecule has 1 radical (unpaired) electrons. The Hall–Kier alpha value is 0.199. The van der Waals surface area contributed by atoms with Crippen LogP contribution in [0.2, 0.25) is 0 Å². The van der Waals surface area contributed by atoms with Crippen LogP contribution in [-0.2, 0) is 35.3 Å². The van der Waals surface area contributed by atoms with Gasteiger partial charge in [-0.15, -0.1) is 0 Å². The van der Waals surface area contributed by atoms with Crippen LogP contribution in [0, 0.1) is 0 Å². The molecule has 0 aromatic heterocycles. The van der Waals surface area contributed by atoms with E-state index in [4.69, 9.17) is 28.0 Å². The van der Waals surface area contributed by atoms with Crippen molar-refractivity contribution in [3.8, 4) is 0 Å². The van der Waals surface area contributed by atoms with Crippen molar-refractivity contribution in [3.05, 3.63) is 0 Å². The maximum atomic E-state index is 8.48. The Morgan fingerprint density at radius 3 is 0.800 bits per heavy atom. The van der Waals surface area contributed by atoms with E-state index in [2.05, 4.69) is 0 Å². The minimum Gasteiger partial charge on any atom is -0.744 e. The molecule has 0 aliphatic heterocycles. The molecule has 0 saturated heterocycles. The molecule has 0 spiro atoms. The maximum absolute atomic E-state index is 8.48. The Balaban J connectivity index is -0.0000000300. The molecule has 0 aromatic carbocycles. The van der Waals surface area contributed by atoms with Crippen LogP contribution in [0.5, 0.6) is 0 Å². The van der Waals surface area contributed by atoms with Gasteiger partial charge in [0, 0.05) is 0 Å². The first kappa shape index (κ1) is 22.5. The van der Waals surface area contributed by atoms with Crippen LogP contribution >= 0.6 is 15.8 Å². The summed E-state index contributed by atoms with van der Waals surface area (Å²) in [6.45, 7) is 0. The molecule has 0 aliphatic rings. The Kier molecular flexibility index (Phi) is 36.1. The molecule has 2 N–H and O–H groups in total. The fraction of sp³-hybridized carbons (Fsp3) is 0. The summed E-state index contributed by atoms with van der Waals surface area (Å²) in [5.41, 5.74) is 0. The predicted molar refractivity (Wildman–Crippen MR) is 20.2 cm³/mol. The summed E-state index contributed by atoms with van der Waals surface area (Å²) in [5, 5.41) is 0. The Morgan fingerprint density at radius 1 is 0.800 bits per heavy atom. The van der Waals surface area contributed by atoms with Crippen LogP contribution in [0.25, 0.3) is 0 Å². The first-order valence-electron chi connectivity index (χ1n) is 1.10. The second kappa shape index (κ2) is 16.1. The molecular formula is H2MnO7P2. The Morgan fingerprint density at radius 2 is 0.800 bits per heavy atom. The van der Waals surface area contributed by atoms with Gasteiger partial charge in [-0.2, -0.15) is 0 Å². The Bertz CT molecular complexity index is 128. The summed E-state index contributed by atoms with van der Waals surface area (Å²) < 4.78 is 33.9. The van der Waals surface area contributed by atoms with Gasteiger partial charge in [-0.3, -0.25) is 18.3 Å². The molecule has 0 saturated carbocycles. The van der Waals surface area contributed by atoms with Crippen molar-refractivity contribution in [1.29, 1.82) is 0 Å². The van der Waals surface area contributed by atoms with Gasteiger partial charge in [0.25, 0.3) is 0 Å². The molecular weight excluding hydrogens is 229 g/mol. The van der Waals surface area contributed by atoms with E-state index in [-0.39, 0.29) is 22.5 Å². The molecule has 0 heterocycles. The van der Waals surface area contributed by atoms with Crippen molar-refractivity contribution in [1.82, 2.24) is 0 Å². The first-order chi connectivity index (χ1) is 3.46. The SMILES string of the molecule is O.O=P(=O)[O-].O=P(=O)[O-].[Mn+2]. The van der Waals surface area contributed by atoms with Gasteiger partial charge < -0.3 is 15.3 Å². The van der Waals surface area contributed by atoms with Gasteiger partial charge in [0.15, 0.2) is 0 Å². The third-order valence-corrected chi connectivity index (χ3v) is 0. The van der Waals surface area contributed by atoms with E-state index in [1.807, 2.05) is 0 Å². The molecule has 10 heteroatoms. The molecule has 0 aliphatic carbocycles. The zero-order valence-electron chi connectivity index (χ0n) is 4.22. The molecule has 7 nitrogen and oxygen atoms in total. The number of hydrogen-bond donors (Lipinski definition) is 0. The zero-order chi connectivity index (χ0) is 7.15. The van der Waals surface area contributed by atoms with Crippen LogP contribution in [0.15, 0.2) is 0 Å². The van der Waals surface area contributed by atoms with Crippen molar-refractivity contribution in [3.63, 3.8) is 0 Å². The van der Waals surface area contributed by atoms with Gasteiger partial charge >= 0.3 is 17.1 Å². The third kappa shape index (κ3) is 10700. The van der Waals surface area contributed by atoms with Gasteiger partial charge in [-0.05, 0) is 0 Å². The summed E-state index contributed by atoms with van der Waals surface area (Å²) in [7, 11) is -6.74. The van der Waals surface area contributed by atoms with Gasteiger partial charge in [0.1, 0.15) is 0 Å². The van der Waals surface area contributed by atoms with Crippen molar-refractivity contribution in [2.24, 2.45) is 0 Å². The zero-order valence-corrected chi connectivity index (χ0v) is 7.19. The molecule has 0 rings (SSSR count). The molecule has 0 fully saturated rings. The summed E-state index contributed by atoms with van der Waals surface area (Å²) in [6.07, 6.45) is 0. The quantitative estimate of drug-likeness (QED) is 0.349. The molecule has 10 heavy (non-hydrogen) atoms. The van der Waals surface area contributed by atoms with Crippen LogP contribution in [0.1, 0.15) is 0 Å². The second-order valence-electron chi connectivity index (χ2n) is 0.447. The predicted octanol–water partition coefficient (Wildman–Crippen LogP) is -1.96. The van der Waals surface area contributed by atoms with Crippen molar-refractivity contribution < 1.29 is 50.6 Å². The molecule has 0 atom stereocenters. The number of hydrogen-bond acceptors (Lipinski definition) is 6. The summed E-state index contributed by atoms with van der Waals surface area (Å²) in [5.74, 6) is 0. The van der Waals surface area contributed by atoms with Gasteiger partial charge in [0.05, 0.1) is 0 Å². The van der Waals surface area contributed by atoms with Crippen molar-refractivity contribution >= 4 is 15.8 Å². The van der Waals surface area contributed by atoms with Gasteiger partial charge in [-0.1, -0.05) is 0 Å². The second-order valence-corrected chi connectivity index (χ2v) is 1.34. The van der Waals surface area contributed by atoms with E-state index in [9.17, 15) is 0 Å². The minimum atomic E-state index is -3.37. The topological polar surface area (TPSA) is 146 Å². The normalized spacial score (nSPS) is 5.00. The van der Waals surface area contributed by atoms with Gasteiger partial charge in [0.2, 0.25) is 15.8 Å². The summed E-state index contributed by atoms with van der Waals surface area (Å²) in [6, 6.07) is 0. The average Bonchev–Trinajstić information content (AvgIpc) is 1.25. The molecule has 0 bridgehead atoms. The Labute approximate surface area is 67.0 Å². The van der Waals surface area contributed by atoms with E-state index in [1.54, 1.807) is 0 Å². The van der Waals surface area contributed by atoms with Crippen molar-refractivity contribution in [2.45, 2.75) is 0 Å². The fourth-order valence-electron chi connectivity index (χ4n) is 0. The van der Waals surface area contributed by atoms with Crippen LogP contribution in [0.4, 0.5) is 0 Å².